The molecule has 2 aromatic carbocycles. The molecule has 0 spiro atoms. The highest BCUT2D eigenvalue weighted by Gasteiger charge is 2.10. The lowest BCUT2D eigenvalue weighted by Gasteiger charge is -2.11. The van der Waals surface area contributed by atoms with Gasteiger partial charge in [-0.05, 0) is 36.8 Å². The Morgan fingerprint density at radius 1 is 1.19 bits per heavy atom. The third-order valence-electron chi connectivity index (χ3n) is 2.99. The van der Waals surface area contributed by atoms with Gasteiger partial charge in [0.2, 0.25) is 0 Å². The van der Waals surface area contributed by atoms with Crippen LogP contribution in [0.1, 0.15) is 29.3 Å². The molecule has 2 rings (SSSR count). The molecule has 0 radical (unpaired) electrons. The van der Waals surface area contributed by atoms with Gasteiger partial charge in [0.05, 0.1) is 17.2 Å². The number of anilines is 2. The molecule has 2 N–H and O–H groups in total. The first-order valence-electron chi connectivity index (χ1n) is 6.89. The number of carbonyl (C=O) groups is 1. The van der Waals surface area contributed by atoms with Crippen molar-refractivity contribution in [1.29, 1.82) is 5.26 Å². The average Bonchev–Trinajstić information content (AvgIpc) is 2.53. The van der Waals surface area contributed by atoms with Crippen LogP contribution >= 0.6 is 0 Å². The van der Waals surface area contributed by atoms with E-state index < -0.39 is 0 Å². The van der Waals surface area contributed by atoms with E-state index in [1.54, 1.807) is 30.3 Å². The lowest BCUT2D eigenvalue weighted by molar-refractivity contribution is 0.102. The second kappa shape index (κ2) is 7.11. The predicted octanol–water partition coefficient (Wildman–Crippen LogP) is 3.63. The smallest absolute Gasteiger partial charge is 0.257 e. The number of carbonyl (C=O) groups excluding carboxylic acids is 1. The van der Waals surface area contributed by atoms with Crippen molar-refractivity contribution in [2.24, 2.45) is 0 Å². The number of hydrogen-bond acceptors (Lipinski definition) is 3. The summed E-state index contributed by atoms with van der Waals surface area (Å²) in [5, 5.41) is 14.9. The second-order valence-electron chi connectivity index (χ2n) is 4.62. The fourth-order valence-electron chi connectivity index (χ4n) is 1.96. The molecule has 1 amide bonds. The Balaban J connectivity index is 2.18. The lowest BCUT2D eigenvalue weighted by atomic mass is 10.1. The number of hydrogen-bond donors (Lipinski definition) is 2. The maximum atomic E-state index is 12.4. The first-order valence-corrected chi connectivity index (χ1v) is 6.89. The highest BCUT2D eigenvalue weighted by atomic mass is 16.1. The summed E-state index contributed by atoms with van der Waals surface area (Å²) in [6.45, 7) is 2.89. The van der Waals surface area contributed by atoms with E-state index in [-0.39, 0.29) is 5.91 Å². The number of nitrogens with one attached hydrogen (secondary N) is 2. The number of benzene rings is 2. The van der Waals surface area contributed by atoms with E-state index in [0.717, 1.165) is 18.7 Å². The molecule has 0 heterocycles. The van der Waals surface area contributed by atoms with Gasteiger partial charge in [-0.3, -0.25) is 4.79 Å². The number of para-hydroxylation sites is 1. The Kier molecular flexibility index (Phi) is 4.94. The van der Waals surface area contributed by atoms with E-state index in [0.29, 0.717) is 16.8 Å². The molecule has 0 unspecified atom stereocenters. The zero-order chi connectivity index (χ0) is 15.1. The molecular formula is C17H17N3O. The molecule has 0 saturated heterocycles. The van der Waals surface area contributed by atoms with Gasteiger partial charge in [0.25, 0.3) is 5.91 Å². The number of nitriles is 1. The van der Waals surface area contributed by atoms with Gasteiger partial charge in [-0.2, -0.15) is 5.26 Å². The number of nitrogens with zero attached hydrogens (tertiary/aromatic N) is 1. The topological polar surface area (TPSA) is 64.9 Å². The van der Waals surface area contributed by atoms with Crippen LogP contribution in [0, 0.1) is 11.3 Å². The van der Waals surface area contributed by atoms with Crippen molar-refractivity contribution >= 4 is 17.3 Å². The second-order valence-corrected chi connectivity index (χ2v) is 4.62. The van der Waals surface area contributed by atoms with Gasteiger partial charge in [-0.15, -0.1) is 0 Å². The molecule has 0 aliphatic heterocycles. The van der Waals surface area contributed by atoms with E-state index in [4.69, 9.17) is 5.26 Å². The maximum absolute atomic E-state index is 12.4. The van der Waals surface area contributed by atoms with Crippen molar-refractivity contribution in [2.45, 2.75) is 13.3 Å². The SMILES string of the molecule is CCCNc1ccccc1C(=O)Nc1cccc(C#N)c1. The number of rotatable bonds is 5. The van der Waals surface area contributed by atoms with Crippen molar-refractivity contribution in [3.8, 4) is 6.07 Å². The Morgan fingerprint density at radius 3 is 2.76 bits per heavy atom. The van der Waals surface area contributed by atoms with Gasteiger partial charge in [0.1, 0.15) is 0 Å². The fourth-order valence-corrected chi connectivity index (χ4v) is 1.96. The molecule has 0 fully saturated rings. The van der Waals surface area contributed by atoms with Crippen LogP contribution in [0.4, 0.5) is 11.4 Å². The minimum atomic E-state index is -0.190. The zero-order valence-electron chi connectivity index (χ0n) is 11.9. The normalized spacial score (nSPS) is 9.71. The largest absolute Gasteiger partial charge is 0.384 e. The van der Waals surface area contributed by atoms with Gasteiger partial charge < -0.3 is 10.6 Å². The molecule has 0 aromatic heterocycles. The molecule has 4 nitrogen and oxygen atoms in total. The first kappa shape index (κ1) is 14.6. The van der Waals surface area contributed by atoms with E-state index in [9.17, 15) is 4.79 Å². The van der Waals surface area contributed by atoms with Crippen molar-refractivity contribution in [1.82, 2.24) is 0 Å². The van der Waals surface area contributed by atoms with E-state index in [1.807, 2.05) is 18.2 Å². The standard InChI is InChI=1S/C17H17N3O/c1-2-10-19-16-9-4-3-8-15(16)17(21)20-14-7-5-6-13(11-14)12-18/h3-9,11,19H,2,10H2,1H3,(H,20,21). The number of amides is 1. The Hall–Kier alpha value is -2.80. The monoisotopic (exact) mass is 279 g/mol. The highest BCUT2D eigenvalue weighted by Crippen LogP contribution is 2.18. The van der Waals surface area contributed by atoms with Gasteiger partial charge in [0, 0.05) is 17.9 Å². The molecule has 4 heteroatoms. The van der Waals surface area contributed by atoms with Crippen LogP contribution in [-0.4, -0.2) is 12.5 Å². The minimum Gasteiger partial charge on any atom is -0.384 e. The van der Waals surface area contributed by atoms with Gasteiger partial charge >= 0.3 is 0 Å². The minimum absolute atomic E-state index is 0.190. The van der Waals surface area contributed by atoms with Crippen LogP contribution in [0.25, 0.3) is 0 Å². The summed E-state index contributed by atoms with van der Waals surface area (Å²) in [4.78, 5) is 12.4. The molecule has 0 atom stereocenters. The van der Waals surface area contributed by atoms with Crippen LogP contribution < -0.4 is 10.6 Å². The molecule has 0 aliphatic rings. The quantitative estimate of drug-likeness (QED) is 0.878. The summed E-state index contributed by atoms with van der Waals surface area (Å²) in [5.74, 6) is -0.190. The summed E-state index contributed by atoms with van der Waals surface area (Å²) < 4.78 is 0. The summed E-state index contributed by atoms with van der Waals surface area (Å²) in [5.41, 5.74) is 2.54. The van der Waals surface area contributed by atoms with E-state index in [1.165, 1.54) is 0 Å². The van der Waals surface area contributed by atoms with Crippen molar-refractivity contribution in [3.05, 3.63) is 59.7 Å². The summed E-state index contributed by atoms with van der Waals surface area (Å²) in [6.07, 6.45) is 0.986. The Bertz CT molecular complexity index is 674. The molecule has 21 heavy (non-hydrogen) atoms. The van der Waals surface area contributed by atoms with E-state index in [2.05, 4.69) is 23.6 Å². The highest BCUT2D eigenvalue weighted by molar-refractivity contribution is 6.08. The third-order valence-corrected chi connectivity index (χ3v) is 2.99. The van der Waals surface area contributed by atoms with Crippen LogP contribution in [-0.2, 0) is 0 Å². The Morgan fingerprint density at radius 2 is 2.00 bits per heavy atom. The van der Waals surface area contributed by atoms with Crippen LogP contribution in [0.3, 0.4) is 0 Å². The maximum Gasteiger partial charge on any atom is 0.257 e. The van der Waals surface area contributed by atoms with Crippen molar-refractivity contribution in [2.75, 3.05) is 17.2 Å². The molecule has 0 saturated carbocycles. The third kappa shape index (κ3) is 3.83. The van der Waals surface area contributed by atoms with Crippen LogP contribution in [0.15, 0.2) is 48.5 Å². The lowest BCUT2D eigenvalue weighted by Crippen LogP contribution is -2.15. The molecule has 106 valence electrons. The Labute approximate surface area is 124 Å². The van der Waals surface area contributed by atoms with Gasteiger partial charge in [-0.1, -0.05) is 25.1 Å². The fraction of sp³-hybridized carbons (Fsp3) is 0.176. The van der Waals surface area contributed by atoms with Gasteiger partial charge in [-0.25, -0.2) is 0 Å². The van der Waals surface area contributed by atoms with Crippen molar-refractivity contribution in [3.63, 3.8) is 0 Å². The van der Waals surface area contributed by atoms with Crippen molar-refractivity contribution < 1.29 is 4.79 Å². The average molecular weight is 279 g/mol. The predicted molar refractivity (Wildman–Crippen MR) is 84.3 cm³/mol. The zero-order valence-corrected chi connectivity index (χ0v) is 11.9. The van der Waals surface area contributed by atoms with Gasteiger partial charge in [0.15, 0.2) is 0 Å². The first-order chi connectivity index (χ1) is 10.2. The summed E-state index contributed by atoms with van der Waals surface area (Å²) >= 11 is 0. The summed E-state index contributed by atoms with van der Waals surface area (Å²) in [6, 6.07) is 16.3. The molecule has 2 aromatic rings. The van der Waals surface area contributed by atoms with Crippen LogP contribution in [0.2, 0.25) is 0 Å². The molecule has 0 bridgehead atoms. The summed E-state index contributed by atoms with van der Waals surface area (Å²) in [7, 11) is 0. The van der Waals surface area contributed by atoms with E-state index >= 15 is 0 Å². The molecule has 0 aliphatic carbocycles. The molecular weight excluding hydrogens is 262 g/mol. The van der Waals surface area contributed by atoms with Crippen LogP contribution in [0.5, 0.6) is 0 Å².